The fraction of sp³-hybridized carbons (Fsp3) is 0.750. The maximum Gasteiger partial charge on any atom is 0.253 e. The van der Waals surface area contributed by atoms with Crippen molar-refractivity contribution in [2.45, 2.75) is 17.8 Å². The Hall–Kier alpha value is -0.400. The number of hydrogen-bond donors (Lipinski definition) is 3. The molecular formula is C8H15N3O2S2. The van der Waals surface area contributed by atoms with Crippen molar-refractivity contribution < 1.29 is 9.59 Å². The molecule has 0 aromatic rings. The Labute approximate surface area is 97.3 Å². The van der Waals surface area contributed by atoms with Crippen LogP contribution in [-0.2, 0) is 9.59 Å². The Kier molecular flexibility index (Phi) is 4.30. The highest BCUT2D eigenvalue weighted by Crippen LogP contribution is 2.19. The molecule has 7 heteroatoms. The van der Waals surface area contributed by atoms with E-state index in [9.17, 15) is 9.59 Å². The van der Waals surface area contributed by atoms with Gasteiger partial charge in [-0.3, -0.25) is 14.9 Å². The number of carbonyl (C=O) groups excluding carboxylic acids is 2. The first-order chi connectivity index (χ1) is 6.99. The Morgan fingerprint density at radius 1 is 1.67 bits per heavy atom. The van der Waals surface area contributed by atoms with Gasteiger partial charge < -0.3 is 11.1 Å². The van der Waals surface area contributed by atoms with Gasteiger partial charge in [-0.15, -0.1) is 23.5 Å². The van der Waals surface area contributed by atoms with Crippen molar-refractivity contribution >= 4 is 35.3 Å². The van der Waals surface area contributed by atoms with E-state index in [1.54, 1.807) is 24.9 Å². The van der Waals surface area contributed by atoms with Crippen molar-refractivity contribution in [2.24, 2.45) is 5.73 Å². The van der Waals surface area contributed by atoms with Crippen molar-refractivity contribution in [2.75, 3.05) is 17.9 Å². The van der Waals surface area contributed by atoms with Crippen LogP contribution in [0.15, 0.2) is 0 Å². The molecule has 1 fully saturated rings. The lowest BCUT2D eigenvalue weighted by Crippen LogP contribution is -2.56. The zero-order valence-electron chi connectivity index (χ0n) is 8.70. The van der Waals surface area contributed by atoms with Gasteiger partial charge in [0.1, 0.15) is 0 Å². The minimum Gasteiger partial charge on any atom is -0.367 e. The van der Waals surface area contributed by atoms with Crippen LogP contribution in [0.25, 0.3) is 0 Å². The summed E-state index contributed by atoms with van der Waals surface area (Å²) in [6.45, 7) is 1.61. The molecule has 1 aliphatic heterocycles. The summed E-state index contributed by atoms with van der Waals surface area (Å²) in [5, 5.41) is 5.69. The molecule has 0 saturated carbocycles. The number of nitrogens with two attached hydrogens (primary N) is 1. The van der Waals surface area contributed by atoms with Gasteiger partial charge in [0.05, 0.1) is 6.04 Å². The second kappa shape index (κ2) is 5.09. The summed E-state index contributed by atoms with van der Waals surface area (Å²) in [5.74, 6) is 0.796. The second-order valence-corrected chi connectivity index (χ2v) is 5.62. The van der Waals surface area contributed by atoms with Crippen molar-refractivity contribution in [3.05, 3.63) is 0 Å². The Bertz CT molecular complexity index is 269. The molecule has 0 aromatic heterocycles. The number of amides is 2. The summed E-state index contributed by atoms with van der Waals surface area (Å²) in [6, 6.07) is -0.221. The van der Waals surface area contributed by atoms with Gasteiger partial charge in [-0.2, -0.15) is 0 Å². The maximum absolute atomic E-state index is 11.7. The fourth-order valence-electron chi connectivity index (χ4n) is 1.10. The third kappa shape index (κ3) is 3.02. The van der Waals surface area contributed by atoms with Gasteiger partial charge in [-0.05, 0) is 13.2 Å². The third-order valence-electron chi connectivity index (χ3n) is 2.27. The predicted octanol–water partition coefficient (Wildman–Crippen LogP) is -0.670. The number of thioether (sulfide) groups is 2. The first-order valence-corrected chi connectivity index (χ1v) is 6.86. The minimum absolute atomic E-state index is 0.171. The van der Waals surface area contributed by atoms with Crippen molar-refractivity contribution in [3.8, 4) is 0 Å². The molecule has 4 N–H and O–H groups in total. The summed E-state index contributed by atoms with van der Waals surface area (Å²) in [6.07, 6.45) is 1.74. The van der Waals surface area contributed by atoms with E-state index in [1.165, 1.54) is 11.8 Å². The molecule has 1 rings (SSSR count). The van der Waals surface area contributed by atoms with E-state index in [1.807, 2.05) is 0 Å². The SMILES string of the molecule is CSC(C)(NC(=O)[C@@H]1CSCN1)C(N)=O. The second-order valence-electron chi connectivity index (χ2n) is 3.36. The molecule has 15 heavy (non-hydrogen) atoms. The summed E-state index contributed by atoms with van der Waals surface area (Å²) in [5.41, 5.74) is 5.23. The lowest BCUT2D eigenvalue weighted by atomic mass is 10.2. The molecule has 1 aliphatic rings. The summed E-state index contributed by atoms with van der Waals surface area (Å²) in [4.78, 5) is 21.9. The standard InChI is InChI=1S/C8H15N3O2S2/c1-8(14-2,7(9)13)11-6(12)5-3-15-4-10-5/h5,10H,3-4H2,1-2H3,(H2,9,13)(H,11,12)/t5-,8?/m0/s1. The average molecular weight is 249 g/mol. The van der Waals surface area contributed by atoms with Crippen LogP contribution in [0.3, 0.4) is 0 Å². The van der Waals surface area contributed by atoms with Crippen molar-refractivity contribution in [1.29, 1.82) is 0 Å². The first kappa shape index (κ1) is 12.7. The number of primary amides is 1. The van der Waals surface area contributed by atoms with Gasteiger partial charge in [0.15, 0.2) is 4.87 Å². The molecule has 86 valence electrons. The number of carbonyl (C=O) groups is 2. The number of hydrogen-bond acceptors (Lipinski definition) is 5. The van der Waals surface area contributed by atoms with Gasteiger partial charge in [0, 0.05) is 11.6 Å². The molecule has 0 aromatic carbocycles. The van der Waals surface area contributed by atoms with Crippen LogP contribution >= 0.6 is 23.5 Å². The maximum atomic E-state index is 11.7. The molecule has 0 spiro atoms. The lowest BCUT2D eigenvalue weighted by Gasteiger charge is -2.26. The van der Waals surface area contributed by atoms with Crippen molar-refractivity contribution in [3.63, 3.8) is 0 Å². The van der Waals surface area contributed by atoms with Gasteiger partial charge in [-0.25, -0.2) is 0 Å². The zero-order valence-corrected chi connectivity index (χ0v) is 10.3. The first-order valence-electron chi connectivity index (χ1n) is 4.48. The molecule has 0 bridgehead atoms. The highest BCUT2D eigenvalue weighted by atomic mass is 32.2. The Morgan fingerprint density at radius 2 is 2.33 bits per heavy atom. The van der Waals surface area contributed by atoms with Gasteiger partial charge >= 0.3 is 0 Å². The zero-order chi connectivity index (χ0) is 11.5. The van der Waals surface area contributed by atoms with Crippen LogP contribution in [0.1, 0.15) is 6.92 Å². The highest BCUT2D eigenvalue weighted by molar-refractivity contribution is 8.00. The number of nitrogens with one attached hydrogen (secondary N) is 2. The topological polar surface area (TPSA) is 84.2 Å². The molecule has 1 heterocycles. The minimum atomic E-state index is -1.02. The molecule has 2 atom stereocenters. The van der Waals surface area contributed by atoms with Gasteiger partial charge in [0.25, 0.3) is 5.91 Å². The van der Waals surface area contributed by atoms with E-state index < -0.39 is 10.8 Å². The largest absolute Gasteiger partial charge is 0.367 e. The predicted molar refractivity (Wildman–Crippen MR) is 63.5 cm³/mol. The van der Waals surface area contributed by atoms with Crippen LogP contribution < -0.4 is 16.4 Å². The molecule has 1 saturated heterocycles. The monoisotopic (exact) mass is 249 g/mol. The summed E-state index contributed by atoms with van der Waals surface area (Å²) < 4.78 is 0. The smallest absolute Gasteiger partial charge is 0.253 e. The van der Waals surface area contributed by atoms with Crippen LogP contribution in [0, 0.1) is 0 Å². The average Bonchev–Trinajstić information content (AvgIpc) is 2.70. The Balaban J connectivity index is 2.58. The van der Waals surface area contributed by atoms with E-state index >= 15 is 0 Å². The van der Waals surface area contributed by atoms with E-state index in [-0.39, 0.29) is 11.9 Å². The highest BCUT2D eigenvalue weighted by Gasteiger charge is 2.34. The van der Waals surface area contributed by atoms with E-state index in [0.29, 0.717) is 0 Å². The molecule has 0 aliphatic carbocycles. The lowest BCUT2D eigenvalue weighted by molar-refractivity contribution is -0.128. The van der Waals surface area contributed by atoms with Crippen LogP contribution in [0.2, 0.25) is 0 Å². The molecular weight excluding hydrogens is 234 g/mol. The summed E-state index contributed by atoms with van der Waals surface area (Å²) >= 11 is 2.88. The van der Waals surface area contributed by atoms with E-state index in [2.05, 4.69) is 10.6 Å². The van der Waals surface area contributed by atoms with Gasteiger partial charge in [0.2, 0.25) is 5.91 Å². The third-order valence-corrected chi connectivity index (χ3v) is 4.33. The van der Waals surface area contributed by atoms with Crippen LogP contribution in [0.4, 0.5) is 0 Å². The molecule has 1 unspecified atom stereocenters. The normalized spacial score (nSPS) is 24.5. The van der Waals surface area contributed by atoms with Crippen molar-refractivity contribution in [1.82, 2.24) is 10.6 Å². The molecule has 0 radical (unpaired) electrons. The van der Waals surface area contributed by atoms with E-state index in [4.69, 9.17) is 5.73 Å². The van der Waals surface area contributed by atoms with Crippen LogP contribution in [-0.4, -0.2) is 40.6 Å². The van der Waals surface area contributed by atoms with Crippen LogP contribution in [0.5, 0.6) is 0 Å². The van der Waals surface area contributed by atoms with Gasteiger partial charge in [-0.1, -0.05) is 0 Å². The van der Waals surface area contributed by atoms with E-state index in [0.717, 1.165) is 11.6 Å². The molecule has 5 nitrogen and oxygen atoms in total. The number of rotatable bonds is 4. The fourth-order valence-corrected chi connectivity index (χ4v) is 2.44. The summed E-state index contributed by atoms with van der Waals surface area (Å²) in [7, 11) is 0. The molecule has 2 amide bonds. The Morgan fingerprint density at radius 3 is 2.73 bits per heavy atom. The quantitative estimate of drug-likeness (QED) is 0.576.